The number of hydrogen-bond donors (Lipinski definition) is 2. The number of hydrogen-bond acceptors (Lipinski definition) is 3. The quantitative estimate of drug-likeness (QED) is 0.651. The molecule has 0 aromatic carbocycles. The summed E-state index contributed by atoms with van der Waals surface area (Å²) in [7, 11) is 0. The summed E-state index contributed by atoms with van der Waals surface area (Å²) in [6.45, 7) is 11.6. The lowest BCUT2D eigenvalue weighted by atomic mass is 10.1. The van der Waals surface area contributed by atoms with E-state index in [9.17, 15) is 5.11 Å². The predicted molar refractivity (Wildman–Crippen MR) is 64.0 cm³/mol. The van der Waals surface area contributed by atoms with Crippen LogP contribution in [-0.2, 0) is 4.74 Å². The molecule has 0 saturated carbocycles. The molecule has 3 heteroatoms. The van der Waals surface area contributed by atoms with Gasteiger partial charge < -0.3 is 15.2 Å². The van der Waals surface area contributed by atoms with Gasteiger partial charge in [0.15, 0.2) is 0 Å². The Morgan fingerprint density at radius 3 is 2.20 bits per heavy atom. The van der Waals surface area contributed by atoms with Gasteiger partial charge in [-0.25, -0.2) is 0 Å². The van der Waals surface area contributed by atoms with Crippen LogP contribution in [0.5, 0.6) is 0 Å². The van der Waals surface area contributed by atoms with E-state index in [4.69, 9.17) is 4.74 Å². The minimum atomic E-state index is -0.401. The fourth-order valence-corrected chi connectivity index (χ4v) is 1.44. The van der Waals surface area contributed by atoms with Crippen LogP contribution in [0.4, 0.5) is 0 Å². The molecule has 15 heavy (non-hydrogen) atoms. The molecule has 0 rings (SSSR count). The molecule has 0 aliphatic heterocycles. The summed E-state index contributed by atoms with van der Waals surface area (Å²) in [5.41, 5.74) is 0. The van der Waals surface area contributed by atoms with E-state index in [-0.39, 0.29) is 6.10 Å². The highest BCUT2D eigenvalue weighted by Crippen LogP contribution is 2.07. The van der Waals surface area contributed by atoms with Crippen molar-refractivity contribution in [3.8, 4) is 0 Å². The van der Waals surface area contributed by atoms with Crippen LogP contribution in [0.3, 0.4) is 0 Å². The lowest BCUT2D eigenvalue weighted by molar-refractivity contribution is -0.00897. The molecule has 0 spiro atoms. The fourth-order valence-electron chi connectivity index (χ4n) is 1.44. The summed E-state index contributed by atoms with van der Waals surface area (Å²) in [6, 6.07) is 0.410. The molecule has 3 nitrogen and oxygen atoms in total. The van der Waals surface area contributed by atoms with E-state index < -0.39 is 6.10 Å². The Balaban J connectivity index is 3.48. The molecule has 0 aromatic heterocycles. The summed E-state index contributed by atoms with van der Waals surface area (Å²) in [5.74, 6) is 0.644. The number of ether oxygens (including phenoxy) is 1. The van der Waals surface area contributed by atoms with E-state index in [0.29, 0.717) is 25.1 Å². The van der Waals surface area contributed by atoms with Gasteiger partial charge in [0.05, 0.1) is 18.8 Å². The number of aliphatic hydroxyl groups excluding tert-OH is 1. The first-order valence-electron chi connectivity index (χ1n) is 5.94. The van der Waals surface area contributed by atoms with Gasteiger partial charge >= 0.3 is 0 Å². The molecule has 0 saturated heterocycles. The molecule has 0 fully saturated rings. The zero-order chi connectivity index (χ0) is 11.8. The van der Waals surface area contributed by atoms with Crippen molar-refractivity contribution in [3.63, 3.8) is 0 Å². The molecule has 0 radical (unpaired) electrons. The Bertz CT molecular complexity index is 149. The van der Waals surface area contributed by atoms with E-state index in [2.05, 4.69) is 39.9 Å². The van der Waals surface area contributed by atoms with Crippen molar-refractivity contribution in [2.75, 3.05) is 13.2 Å². The zero-order valence-corrected chi connectivity index (χ0v) is 10.8. The van der Waals surface area contributed by atoms with Gasteiger partial charge in [-0.05, 0) is 19.3 Å². The number of aliphatic hydroxyl groups is 1. The lowest BCUT2D eigenvalue weighted by Gasteiger charge is -2.19. The highest BCUT2D eigenvalue weighted by molar-refractivity contribution is 4.62. The van der Waals surface area contributed by atoms with Crippen molar-refractivity contribution in [2.24, 2.45) is 5.92 Å². The summed E-state index contributed by atoms with van der Waals surface area (Å²) in [6.07, 6.45) is 0.880. The third-order valence-corrected chi connectivity index (χ3v) is 2.14. The smallest absolute Gasteiger partial charge is 0.0897 e. The van der Waals surface area contributed by atoms with Crippen LogP contribution in [0.15, 0.2) is 0 Å². The van der Waals surface area contributed by atoms with Crippen LogP contribution >= 0.6 is 0 Å². The molecular weight excluding hydrogens is 190 g/mol. The van der Waals surface area contributed by atoms with Gasteiger partial charge in [-0.3, -0.25) is 0 Å². The minimum absolute atomic E-state index is 0.235. The van der Waals surface area contributed by atoms with Crippen LogP contribution < -0.4 is 5.32 Å². The molecular formula is C12H27NO2. The summed E-state index contributed by atoms with van der Waals surface area (Å²) >= 11 is 0. The second-order valence-corrected chi connectivity index (χ2v) is 4.99. The van der Waals surface area contributed by atoms with E-state index in [1.165, 1.54) is 0 Å². The molecule has 0 aliphatic rings. The molecule has 0 aromatic rings. The van der Waals surface area contributed by atoms with E-state index in [0.717, 1.165) is 6.42 Å². The van der Waals surface area contributed by atoms with Gasteiger partial charge in [-0.2, -0.15) is 0 Å². The van der Waals surface area contributed by atoms with Crippen LogP contribution in [0.25, 0.3) is 0 Å². The van der Waals surface area contributed by atoms with E-state index in [1.807, 2.05) is 0 Å². The first-order valence-corrected chi connectivity index (χ1v) is 5.94. The Labute approximate surface area is 94.2 Å². The molecule has 0 amide bonds. The van der Waals surface area contributed by atoms with Gasteiger partial charge in [0.2, 0.25) is 0 Å². The van der Waals surface area contributed by atoms with Gasteiger partial charge in [0.1, 0.15) is 0 Å². The third kappa shape index (κ3) is 10.2. The molecule has 2 atom stereocenters. The summed E-state index contributed by atoms with van der Waals surface area (Å²) in [5, 5.41) is 12.8. The molecule has 0 heterocycles. The number of rotatable bonds is 8. The van der Waals surface area contributed by atoms with Crippen LogP contribution in [-0.4, -0.2) is 36.5 Å². The average Bonchev–Trinajstić information content (AvgIpc) is 2.10. The fraction of sp³-hybridized carbons (Fsp3) is 1.00. The van der Waals surface area contributed by atoms with Crippen molar-refractivity contribution in [1.29, 1.82) is 0 Å². The van der Waals surface area contributed by atoms with Gasteiger partial charge in [-0.1, -0.05) is 27.7 Å². The van der Waals surface area contributed by atoms with Crippen molar-refractivity contribution >= 4 is 0 Å². The zero-order valence-electron chi connectivity index (χ0n) is 10.8. The maximum absolute atomic E-state index is 9.59. The van der Waals surface area contributed by atoms with Gasteiger partial charge in [0, 0.05) is 12.6 Å². The minimum Gasteiger partial charge on any atom is -0.389 e. The monoisotopic (exact) mass is 217 g/mol. The van der Waals surface area contributed by atoms with Crippen LogP contribution in [0.2, 0.25) is 0 Å². The van der Waals surface area contributed by atoms with Crippen molar-refractivity contribution in [2.45, 2.75) is 59.3 Å². The highest BCUT2D eigenvalue weighted by atomic mass is 16.5. The maximum Gasteiger partial charge on any atom is 0.0897 e. The SMILES string of the molecule is CC(C)CC(C)OCC(O)CNC(C)C. The van der Waals surface area contributed by atoms with Crippen molar-refractivity contribution in [3.05, 3.63) is 0 Å². The molecule has 0 aliphatic carbocycles. The maximum atomic E-state index is 9.59. The predicted octanol–water partition coefficient (Wildman–Crippen LogP) is 1.80. The van der Waals surface area contributed by atoms with Crippen LogP contribution in [0, 0.1) is 5.92 Å². The van der Waals surface area contributed by atoms with Crippen LogP contribution in [0.1, 0.15) is 41.0 Å². The van der Waals surface area contributed by atoms with E-state index >= 15 is 0 Å². The van der Waals surface area contributed by atoms with Crippen molar-refractivity contribution in [1.82, 2.24) is 5.32 Å². The standard InChI is InChI=1S/C12H27NO2/c1-9(2)6-11(5)15-8-12(14)7-13-10(3)4/h9-14H,6-8H2,1-5H3. The Hall–Kier alpha value is -0.120. The first-order chi connectivity index (χ1) is 6.91. The Morgan fingerprint density at radius 2 is 1.73 bits per heavy atom. The Morgan fingerprint density at radius 1 is 1.13 bits per heavy atom. The second-order valence-electron chi connectivity index (χ2n) is 4.99. The topological polar surface area (TPSA) is 41.5 Å². The second kappa shape index (κ2) is 8.08. The Kier molecular flexibility index (Phi) is 8.02. The highest BCUT2D eigenvalue weighted by Gasteiger charge is 2.09. The molecule has 2 unspecified atom stereocenters. The van der Waals surface area contributed by atoms with E-state index in [1.54, 1.807) is 0 Å². The summed E-state index contributed by atoms with van der Waals surface area (Å²) in [4.78, 5) is 0. The first kappa shape index (κ1) is 14.9. The van der Waals surface area contributed by atoms with Gasteiger partial charge in [-0.15, -0.1) is 0 Å². The lowest BCUT2D eigenvalue weighted by Crippen LogP contribution is -2.35. The molecule has 2 N–H and O–H groups in total. The largest absolute Gasteiger partial charge is 0.389 e. The van der Waals surface area contributed by atoms with Gasteiger partial charge in [0.25, 0.3) is 0 Å². The summed E-state index contributed by atoms with van der Waals surface area (Å²) < 4.78 is 5.56. The number of nitrogens with one attached hydrogen (secondary N) is 1. The molecule has 0 bridgehead atoms. The normalized spacial score (nSPS) is 16.0. The third-order valence-electron chi connectivity index (χ3n) is 2.14. The molecule has 92 valence electrons. The van der Waals surface area contributed by atoms with Crippen molar-refractivity contribution < 1.29 is 9.84 Å². The average molecular weight is 217 g/mol.